The van der Waals surface area contributed by atoms with E-state index in [2.05, 4.69) is 5.32 Å². The zero-order valence-corrected chi connectivity index (χ0v) is 21.5. The van der Waals surface area contributed by atoms with Gasteiger partial charge in [0, 0.05) is 19.8 Å². The SMILES string of the molecule is CCOc1cc(C=C2C(=O)N(C)C(=S)N(C)C2=O)cc(I)c1OCC(=O)Nc1ccc(F)cc1. The van der Waals surface area contributed by atoms with Crippen molar-refractivity contribution in [2.75, 3.05) is 32.6 Å². The lowest BCUT2D eigenvalue weighted by Crippen LogP contribution is -2.52. The van der Waals surface area contributed by atoms with Crippen LogP contribution in [0.15, 0.2) is 42.0 Å². The van der Waals surface area contributed by atoms with Gasteiger partial charge < -0.3 is 14.8 Å². The standard InChI is InChI=1S/C23H21FIN3O5S/c1-4-32-18-11-13(9-16-21(30)27(2)23(34)28(3)22(16)31)10-17(25)20(18)33-12-19(29)26-15-7-5-14(24)6-8-15/h5-11H,4,12H2,1-3H3,(H,26,29). The number of halogens is 2. The van der Waals surface area contributed by atoms with Gasteiger partial charge in [0.25, 0.3) is 17.7 Å². The van der Waals surface area contributed by atoms with Crippen molar-refractivity contribution in [2.24, 2.45) is 0 Å². The Balaban J connectivity index is 1.82. The first-order chi connectivity index (χ1) is 16.1. The van der Waals surface area contributed by atoms with Crippen LogP contribution < -0.4 is 14.8 Å². The first kappa shape index (κ1) is 25.6. The molecule has 178 valence electrons. The molecule has 1 aliphatic heterocycles. The smallest absolute Gasteiger partial charge is 0.265 e. The van der Waals surface area contributed by atoms with Crippen LogP contribution in [0.3, 0.4) is 0 Å². The summed E-state index contributed by atoms with van der Waals surface area (Å²) in [7, 11) is 3.01. The molecule has 0 atom stereocenters. The van der Waals surface area contributed by atoms with Gasteiger partial charge in [-0.05, 0) is 89.8 Å². The number of amides is 3. The molecule has 0 aromatic heterocycles. The lowest BCUT2D eigenvalue weighted by atomic mass is 10.1. The Morgan fingerprint density at radius 3 is 2.32 bits per heavy atom. The normalized spacial score (nSPS) is 13.8. The third kappa shape index (κ3) is 5.70. The van der Waals surface area contributed by atoms with E-state index in [0.717, 1.165) is 0 Å². The average molecular weight is 597 g/mol. The minimum Gasteiger partial charge on any atom is -0.490 e. The minimum absolute atomic E-state index is 0.0378. The number of hydrogen-bond donors (Lipinski definition) is 1. The van der Waals surface area contributed by atoms with Crippen molar-refractivity contribution in [3.8, 4) is 11.5 Å². The molecule has 1 fully saturated rings. The van der Waals surface area contributed by atoms with E-state index in [4.69, 9.17) is 21.7 Å². The fourth-order valence-corrected chi connectivity index (χ4v) is 4.03. The summed E-state index contributed by atoms with van der Waals surface area (Å²) in [6.07, 6.45) is 1.47. The van der Waals surface area contributed by atoms with Gasteiger partial charge in [-0.15, -0.1) is 0 Å². The molecule has 1 N–H and O–H groups in total. The second kappa shape index (κ2) is 10.9. The van der Waals surface area contributed by atoms with Gasteiger partial charge >= 0.3 is 0 Å². The molecule has 8 nitrogen and oxygen atoms in total. The van der Waals surface area contributed by atoms with Gasteiger partial charge in [0.15, 0.2) is 23.2 Å². The van der Waals surface area contributed by atoms with Crippen LogP contribution in [0.25, 0.3) is 6.08 Å². The topological polar surface area (TPSA) is 88.2 Å². The van der Waals surface area contributed by atoms with E-state index in [1.165, 1.54) is 54.2 Å². The lowest BCUT2D eigenvalue weighted by molar-refractivity contribution is -0.132. The highest BCUT2D eigenvalue weighted by molar-refractivity contribution is 14.1. The molecule has 0 radical (unpaired) electrons. The van der Waals surface area contributed by atoms with Gasteiger partial charge in [-0.2, -0.15) is 0 Å². The number of likely N-dealkylation sites (N-methyl/N-ethyl adjacent to an activating group) is 2. The van der Waals surface area contributed by atoms with Crippen LogP contribution in [0.2, 0.25) is 0 Å². The van der Waals surface area contributed by atoms with Gasteiger partial charge in [-0.1, -0.05) is 0 Å². The highest BCUT2D eigenvalue weighted by Gasteiger charge is 2.35. The average Bonchev–Trinajstić information content (AvgIpc) is 2.80. The van der Waals surface area contributed by atoms with Crippen LogP contribution >= 0.6 is 34.8 Å². The Bertz CT molecular complexity index is 1160. The Hall–Kier alpha value is -3.06. The van der Waals surface area contributed by atoms with Crippen LogP contribution in [-0.2, 0) is 14.4 Å². The van der Waals surface area contributed by atoms with E-state index in [-0.39, 0.29) is 17.3 Å². The Kier molecular flexibility index (Phi) is 8.20. The molecule has 11 heteroatoms. The van der Waals surface area contributed by atoms with Crippen LogP contribution in [0.5, 0.6) is 11.5 Å². The second-order valence-corrected chi connectivity index (χ2v) is 8.70. The van der Waals surface area contributed by atoms with E-state index < -0.39 is 23.5 Å². The maximum atomic E-state index is 13.0. The van der Waals surface area contributed by atoms with E-state index >= 15 is 0 Å². The molecule has 3 rings (SSSR count). The molecular weight excluding hydrogens is 576 g/mol. The summed E-state index contributed by atoms with van der Waals surface area (Å²) in [6, 6.07) is 8.70. The van der Waals surface area contributed by atoms with Crippen molar-refractivity contribution in [1.82, 2.24) is 9.80 Å². The summed E-state index contributed by atoms with van der Waals surface area (Å²) in [4.78, 5) is 39.9. The highest BCUT2D eigenvalue weighted by Crippen LogP contribution is 2.35. The van der Waals surface area contributed by atoms with Gasteiger partial charge in [-0.25, -0.2) is 4.39 Å². The molecule has 0 saturated carbocycles. The number of anilines is 1. The van der Waals surface area contributed by atoms with Crippen LogP contribution in [0.4, 0.5) is 10.1 Å². The summed E-state index contributed by atoms with van der Waals surface area (Å²) < 4.78 is 25.0. The van der Waals surface area contributed by atoms with E-state index in [1.54, 1.807) is 19.1 Å². The fourth-order valence-electron chi connectivity index (χ4n) is 3.08. The number of thiocarbonyl (C=S) groups is 1. The summed E-state index contributed by atoms with van der Waals surface area (Å²) >= 11 is 7.13. The van der Waals surface area contributed by atoms with Gasteiger partial charge in [0.2, 0.25) is 0 Å². The fraction of sp³-hybridized carbons (Fsp3) is 0.217. The number of ether oxygens (including phenoxy) is 2. The predicted octanol–water partition coefficient (Wildman–Crippen LogP) is 3.45. The maximum absolute atomic E-state index is 13.0. The van der Waals surface area contributed by atoms with E-state index in [1.807, 2.05) is 22.6 Å². The van der Waals surface area contributed by atoms with Crippen LogP contribution in [-0.4, -0.2) is 59.9 Å². The van der Waals surface area contributed by atoms with Crippen molar-refractivity contribution in [3.63, 3.8) is 0 Å². The van der Waals surface area contributed by atoms with Crippen LogP contribution in [0.1, 0.15) is 12.5 Å². The number of nitrogens with one attached hydrogen (secondary N) is 1. The third-order valence-corrected chi connectivity index (χ3v) is 6.11. The summed E-state index contributed by atoms with van der Waals surface area (Å²) in [5.74, 6) is -1.15. The summed E-state index contributed by atoms with van der Waals surface area (Å²) in [5, 5.41) is 2.74. The molecule has 2 aromatic carbocycles. The molecule has 1 aliphatic rings. The first-order valence-electron chi connectivity index (χ1n) is 10.1. The molecule has 3 amide bonds. The number of hydrogen-bond acceptors (Lipinski definition) is 6. The van der Waals surface area contributed by atoms with Crippen molar-refractivity contribution >= 4 is 69.4 Å². The molecule has 2 aromatic rings. The second-order valence-electron chi connectivity index (χ2n) is 7.18. The number of rotatable bonds is 7. The number of carbonyl (C=O) groups excluding carboxylic acids is 3. The predicted molar refractivity (Wildman–Crippen MR) is 137 cm³/mol. The number of benzene rings is 2. The lowest BCUT2D eigenvalue weighted by Gasteiger charge is -2.31. The van der Waals surface area contributed by atoms with E-state index in [9.17, 15) is 18.8 Å². The molecule has 1 saturated heterocycles. The Labute approximate surface area is 214 Å². The zero-order chi connectivity index (χ0) is 25.0. The van der Waals surface area contributed by atoms with E-state index in [0.29, 0.717) is 32.9 Å². The summed E-state index contributed by atoms with van der Waals surface area (Å²) in [6.45, 7) is 1.81. The third-order valence-electron chi connectivity index (χ3n) is 4.76. The molecule has 0 spiro atoms. The molecule has 1 heterocycles. The molecule has 0 aliphatic carbocycles. The first-order valence-corrected chi connectivity index (χ1v) is 11.6. The number of nitrogens with zero attached hydrogens (tertiary/aromatic N) is 2. The monoisotopic (exact) mass is 597 g/mol. The largest absolute Gasteiger partial charge is 0.490 e. The van der Waals surface area contributed by atoms with Gasteiger partial charge in [0.1, 0.15) is 11.4 Å². The highest BCUT2D eigenvalue weighted by atomic mass is 127. The van der Waals surface area contributed by atoms with Crippen molar-refractivity contribution in [3.05, 3.63) is 56.9 Å². The van der Waals surface area contributed by atoms with Crippen LogP contribution in [0, 0.1) is 9.39 Å². The van der Waals surface area contributed by atoms with Crippen molar-refractivity contribution in [1.29, 1.82) is 0 Å². The molecule has 34 heavy (non-hydrogen) atoms. The molecule has 0 unspecified atom stereocenters. The minimum atomic E-state index is -0.501. The Morgan fingerprint density at radius 2 is 1.74 bits per heavy atom. The summed E-state index contributed by atoms with van der Waals surface area (Å²) in [5.41, 5.74) is 0.944. The quantitative estimate of drug-likeness (QED) is 0.228. The van der Waals surface area contributed by atoms with Gasteiger partial charge in [-0.3, -0.25) is 24.2 Å². The molecular formula is C23H21FIN3O5S. The molecule has 0 bridgehead atoms. The van der Waals surface area contributed by atoms with Crippen molar-refractivity contribution in [2.45, 2.75) is 6.92 Å². The van der Waals surface area contributed by atoms with Crippen molar-refractivity contribution < 1.29 is 28.2 Å². The maximum Gasteiger partial charge on any atom is 0.265 e. The number of carbonyl (C=O) groups is 3. The zero-order valence-electron chi connectivity index (χ0n) is 18.6. The van der Waals surface area contributed by atoms with Gasteiger partial charge in [0.05, 0.1) is 10.2 Å². The Morgan fingerprint density at radius 1 is 1.12 bits per heavy atom.